The van der Waals surface area contributed by atoms with E-state index < -0.39 is 0 Å². The number of amides is 1. The van der Waals surface area contributed by atoms with Crippen LogP contribution in [-0.4, -0.2) is 11.9 Å². The molecule has 0 bridgehead atoms. The van der Waals surface area contributed by atoms with E-state index in [4.69, 9.17) is 0 Å². The molecule has 2 unspecified atom stereocenters. The first-order chi connectivity index (χ1) is 9.25. The Labute approximate surface area is 121 Å². The zero-order valence-electron chi connectivity index (χ0n) is 10.3. The summed E-state index contributed by atoms with van der Waals surface area (Å²) in [6, 6.07) is 18.1. The van der Waals surface area contributed by atoms with Gasteiger partial charge < -0.3 is 5.32 Å². The Morgan fingerprint density at radius 3 is 2.47 bits per heavy atom. The Hall–Kier alpha value is -1.61. The Morgan fingerprint density at radius 1 is 1.05 bits per heavy atom. The molecular formula is C16H14BrNO. The monoisotopic (exact) mass is 315 g/mol. The van der Waals surface area contributed by atoms with Crippen LogP contribution in [0, 0.1) is 0 Å². The van der Waals surface area contributed by atoms with Gasteiger partial charge in [0.05, 0.1) is 5.56 Å². The van der Waals surface area contributed by atoms with Crippen molar-refractivity contribution in [2.24, 2.45) is 0 Å². The first-order valence-electron chi connectivity index (χ1n) is 6.36. The van der Waals surface area contributed by atoms with E-state index in [2.05, 4.69) is 33.4 Å². The van der Waals surface area contributed by atoms with Crippen LogP contribution in [0.15, 0.2) is 59.1 Å². The highest BCUT2D eigenvalue weighted by molar-refractivity contribution is 9.10. The molecule has 0 aliphatic heterocycles. The van der Waals surface area contributed by atoms with Crippen molar-refractivity contribution in [3.05, 3.63) is 70.2 Å². The topological polar surface area (TPSA) is 29.1 Å². The summed E-state index contributed by atoms with van der Waals surface area (Å²) in [5.74, 6) is 0.462. The molecule has 2 aromatic carbocycles. The highest BCUT2D eigenvalue weighted by atomic mass is 79.9. The Balaban J connectivity index is 1.66. The Morgan fingerprint density at radius 2 is 1.74 bits per heavy atom. The summed E-state index contributed by atoms with van der Waals surface area (Å²) in [4.78, 5) is 12.2. The molecule has 19 heavy (non-hydrogen) atoms. The smallest absolute Gasteiger partial charge is 0.252 e. The lowest BCUT2D eigenvalue weighted by Crippen LogP contribution is -2.26. The van der Waals surface area contributed by atoms with E-state index in [1.54, 1.807) is 0 Å². The maximum absolute atomic E-state index is 12.2. The number of carbonyl (C=O) groups is 1. The van der Waals surface area contributed by atoms with E-state index in [0.717, 1.165) is 10.9 Å². The molecule has 0 heterocycles. The molecule has 0 saturated heterocycles. The lowest BCUT2D eigenvalue weighted by molar-refractivity contribution is 0.0949. The van der Waals surface area contributed by atoms with Crippen molar-refractivity contribution in [2.75, 3.05) is 0 Å². The molecular weight excluding hydrogens is 302 g/mol. The van der Waals surface area contributed by atoms with Crippen molar-refractivity contribution in [1.29, 1.82) is 0 Å². The van der Waals surface area contributed by atoms with E-state index in [1.165, 1.54) is 5.56 Å². The Kier molecular flexibility index (Phi) is 3.38. The molecule has 1 amide bonds. The van der Waals surface area contributed by atoms with Crippen LogP contribution in [0.1, 0.15) is 28.3 Å². The third kappa shape index (κ3) is 2.71. The van der Waals surface area contributed by atoms with Crippen molar-refractivity contribution in [3.63, 3.8) is 0 Å². The van der Waals surface area contributed by atoms with Gasteiger partial charge >= 0.3 is 0 Å². The predicted molar refractivity (Wildman–Crippen MR) is 79.2 cm³/mol. The molecule has 1 aliphatic rings. The average molecular weight is 316 g/mol. The van der Waals surface area contributed by atoms with Gasteiger partial charge in [0.2, 0.25) is 0 Å². The molecule has 3 heteroatoms. The molecule has 2 aromatic rings. The van der Waals surface area contributed by atoms with Crippen molar-refractivity contribution in [2.45, 2.75) is 18.4 Å². The summed E-state index contributed by atoms with van der Waals surface area (Å²) in [6.07, 6.45) is 1.03. The minimum atomic E-state index is -0.00379. The number of hydrogen-bond donors (Lipinski definition) is 1. The van der Waals surface area contributed by atoms with Crippen LogP contribution in [0.25, 0.3) is 0 Å². The molecule has 1 N–H and O–H groups in total. The highest BCUT2D eigenvalue weighted by Gasteiger charge is 2.39. The molecule has 0 spiro atoms. The molecule has 0 radical (unpaired) electrons. The molecule has 2 atom stereocenters. The molecule has 1 saturated carbocycles. The summed E-state index contributed by atoms with van der Waals surface area (Å²) in [5.41, 5.74) is 2.00. The van der Waals surface area contributed by atoms with Crippen molar-refractivity contribution >= 4 is 21.8 Å². The maximum Gasteiger partial charge on any atom is 0.252 e. The van der Waals surface area contributed by atoms with Crippen LogP contribution in [0.2, 0.25) is 0 Å². The van der Waals surface area contributed by atoms with E-state index in [1.807, 2.05) is 42.5 Å². The normalized spacial score (nSPS) is 20.9. The molecule has 2 nitrogen and oxygen atoms in total. The number of hydrogen-bond acceptors (Lipinski definition) is 1. The summed E-state index contributed by atoms with van der Waals surface area (Å²) in [6.45, 7) is 0. The zero-order valence-corrected chi connectivity index (χ0v) is 11.9. The zero-order chi connectivity index (χ0) is 13.2. The molecule has 1 aliphatic carbocycles. The Bertz CT molecular complexity index is 597. The van der Waals surface area contributed by atoms with Crippen LogP contribution in [0.5, 0.6) is 0 Å². The second-order valence-corrected chi connectivity index (χ2v) is 5.67. The molecule has 96 valence electrons. The predicted octanol–water partition coefficient (Wildman–Crippen LogP) is 3.74. The fourth-order valence-corrected chi connectivity index (χ4v) is 2.78. The van der Waals surface area contributed by atoms with Crippen molar-refractivity contribution < 1.29 is 4.79 Å². The van der Waals surface area contributed by atoms with Gasteiger partial charge in [-0.3, -0.25) is 4.79 Å². The summed E-state index contributed by atoms with van der Waals surface area (Å²) in [7, 11) is 0. The average Bonchev–Trinajstić information content (AvgIpc) is 3.19. The minimum absolute atomic E-state index is 0.00379. The quantitative estimate of drug-likeness (QED) is 0.918. The van der Waals surface area contributed by atoms with Crippen LogP contribution < -0.4 is 5.32 Å². The summed E-state index contributed by atoms with van der Waals surface area (Å²) < 4.78 is 0.837. The van der Waals surface area contributed by atoms with Gasteiger partial charge in [-0.1, -0.05) is 42.5 Å². The van der Waals surface area contributed by atoms with Gasteiger partial charge in [-0.15, -0.1) is 0 Å². The van der Waals surface area contributed by atoms with Gasteiger partial charge in [0.25, 0.3) is 5.91 Å². The maximum atomic E-state index is 12.2. The van der Waals surface area contributed by atoms with Gasteiger partial charge in [0.1, 0.15) is 0 Å². The van der Waals surface area contributed by atoms with Crippen LogP contribution in [-0.2, 0) is 0 Å². The standard InChI is InChI=1S/C16H14BrNO/c17-14-9-5-4-8-12(14)16(19)18-15-10-13(15)11-6-2-1-3-7-11/h1-9,13,15H,10H2,(H,18,19). The second kappa shape index (κ2) is 5.17. The number of halogens is 1. The SMILES string of the molecule is O=C(NC1CC1c1ccccc1)c1ccccc1Br. The lowest BCUT2D eigenvalue weighted by Gasteiger charge is -2.06. The van der Waals surface area contributed by atoms with Crippen molar-refractivity contribution in [1.82, 2.24) is 5.32 Å². The largest absolute Gasteiger partial charge is 0.349 e. The molecule has 3 rings (SSSR count). The van der Waals surface area contributed by atoms with Gasteiger partial charge in [0.15, 0.2) is 0 Å². The van der Waals surface area contributed by atoms with Crippen LogP contribution in [0.4, 0.5) is 0 Å². The second-order valence-electron chi connectivity index (χ2n) is 4.81. The summed E-state index contributed by atoms with van der Waals surface area (Å²) >= 11 is 3.41. The first kappa shape index (κ1) is 12.4. The highest BCUT2D eigenvalue weighted by Crippen LogP contribution is 2.40. The summed E-state index contributed by atoms with van der Waals surface area (Å²) in [5, 5.41) is 3.09. The van der Waals surface area contributed by atoms with E-state index in [-0.39, 0.29) is 11.9 Å². The molecule has 1 fully saturated rings. The number of nitrogens with one attached hydrogen (secondary N) is 1. The number of rotatable bonds is 3. The third-order valence-electron chi connectivity index (χ3n) is 3.45. The van der Waals surface area contributed by atoms with Gasteiger partial charge in [0, 0.05) is 16.4 Å². The third-order valence-corrected chi connectivity index (χ3v) is 4.14. The van der Waals surface area contributed by atoms with E-state index >= 15 is 0 Å². The lowest BCUT2D eigenvalue weighted by atomic mass is 10.1. The van der Waals surface area contributed by atoms with Gasteiger partial charge in [-0.25, -0.2) is 0 Å². The van der Waals surface area contributed by atoms with Crippen LogP contribution in [0.3, 0.4) is 0 Å². The molecule has 0 aromatic heterocycles. The minimum Gasteiger partial charge on any atom is -0.349 e. The van der Waals surface area contributed by atoms with Gasteiger partial charge in [-0.2, -0.15) is 0 Å². The van der Waals surface area contributed by atoms with Gasteiger partial charge in [-0.05, 0) is 40.0 Å². The fraction of sp³-hybridized carbons (Fsp3) is 0.188. The van der Waals surface area contributed by atoms with E-state index in [0.29, 0.717) is 11.5 Å². The number of carbonyl (C=O) groups excluding carboxylic acids is 1. The number of benzene rings is 2. The van der Waals surface area contributed by atoms with E-state index in [9.17, 15) is 4.79 Å². The van der Waals surface area contributed by atoms with Crippen LogP contribution >= 0.6 is 15.9 Å². The first-order valence-corrected chi connectivity index (χ1v) is 7.15. The van der Waals surface area contributed by atoms with Crippen molar-refractivity contribution in [3.8, 4) is 0 Å². The fourth-order valence-electron chi connectivity index (χ4n) is 2.31.